The molecule has 0 bridgehead atoms. The molecule has 0 atom stereocenters. The Morgan fingerprint density at radius 1 is 1.29 bits per heavy atom. The predicted molar refractivity (Wildman–Crippen MR) is 67.1 cm³/mol. The van der Waals surface area contributed by atoms with Crippen LogP contribution in [-0.4, -0.2) is 22.2 Å². The Morgan fingerprint density at radius 2 is 2.12 bits per heavy atom. The Balaban J connectivity index is 2.18. The highest BCUT2D eigenvalue weighted by Gasteiger charge is 2.13. The number of aryl methyl sites for hydroxylation is 1. The first kappa shape index (κ1) is 12.1. The van der Waals surface area contributed by atoms with E-state index in [1.807, 2.05) is 0 Å². The number of hydrogen-bond donors (Lipinski definition) is 2. The number of oxazole rings is 1. The van der Waals surface area contributed by atoms with Gasteiger partial charge >= 0.3 is 7.12 Å². The second-order valence-corrected chi connectivity index (χ2v) is 4.17. The van der Waals surface area contributed by atoms with Crippen LogP contribution in [0.5, 0.6) is 0 Å². The van der Waals surface area contributed by atoms with E-state index in [0.29, 0.717) is 11.0 Å². The summed E-state index contributed by atoms with van der Waals surface area (Å²) in [6.07, 6.45) is 4.23. The van der Waals surface area contributed by atoms with Crippen molar-refractivity contribution in [1.29, 1.82) is 0 Å². The van der Waals surface area contributed by atoms with Gasteiger partial charge in [-0.2, -0.15) is 0 Å². The molecule has 1 heterocycles. The van der Waals surface area contributed by atoms with Crippen LogP contribution in [-0.2, 0) is 6.42 Å². The Labute approximate surface area is 100 Å². The number of fused-ring (bicyclic) bond motifs is 1. The predicted octanol–water partition coefficient (Wildman–Crippen LogP) is 1.24. The minimum Gasteiger partial charge on any atom is -0.441 e. The molecule has 5 heteroatoms. The van der Waals surface area contributed by atoms with Crippen LogP contribution in [0.3, 0.4) is 0 Å². The molecule has 0 aliphatic heterocycles. The van der Waals surface area contributed by atoms with Crippen LogP contribution in [0.25, 0.3) is 11.1 Å². The molecule has 0 radical (unpaired) electrons. The summed E-state index contributed by atoms with van der Waals surface area (Å²) in [6, 6.07) is 5.01. The second kappa shape index (κ2) is 5.34. The number of rotatable bonds is 5. The first-order valence-electron chi connectivity index (χ1n) is 5.96. The highest BCUT2D eigenvalue weighted by molar-refractivity contribution is 6.58. The van der Waals surface area contributed by atoms with Crippen LogP contribution < -0.4 is 5.46 Å². The molecule has 0 amide bonds. The summed E-state index contributed by atoms with van der Waals surface area (Å²) in [5.74, 6) is 0.720. The standard InChI is InChI=1S/C12H16BNO3/c1-2-3-4-5-12-14-10-7-6-9(13(15)16)8-11(10)17-12/h6-8,15-16H,2-5H2,1H3. The van der Waals surface area contributed by atoms with Gasteiger partial charge in [-0.25, -0.2) is 4.98 Å². The van der Waals surface area contributed by atoms with E-state index in [1.165, 1.54) is 12.8 Å². The van der Waals surface area contributed by atoms with E-state index in [4.69, 9.17) is 14.5 Å². The molecule has 0 saturated carbocycles. The van der Waals surface area contributed by atoms with Gasteiger partial charge in [-0.1, -0.05) is 25.8 Å². The molecule has 0 spiro atoms. The molecule has 0 aliphatic carbocycles. The molecule has 1 aromatic carbocycles. The van der Waals surface area contributed by atoms with E-state index in [1.54, 1.807) is 18.2 Å². The summed E-state index contributed by atoms with van der Waals surface area (Å²) in [4.78, 5) is 4.36. The molecule has 0 saturated heterocycles. The van der Waals surface area contributed by atoms with Crippen LogP contribution in [0, 0.1) is 0 Å². The lowest BCUT2D eigenvalue weighted by molar-refractivity contribution is 0.425. The average molecular weight is 233 g/mol. The third-order valence-electron chi connectivity index (χ3n) is 2.75. The van der Waals surface area contributed by atoms with Crippen LogP contribution in [0.4, 0.5) is 0 Å². The molecule has 2 aromatic rings. The van der Waals surface area contributed by atoms with Crippen LogP contribution in [0.1, 0.15) is 32.1 Å². The molecular weight excluding hydrogens is 217 g/mol. The molecule has 90 valence electrons. The van der Waals surface area contributed by atoms with Crippen molar-refractivity contribution in [3.63, 3.8) is 0 Å². The Hall–Kier alpha value is -1.33. The van der Waals surface area contributed by atoms with Gasteiger partial charge in [0.15, 0.2) is 11.5 Å². The zero-order chi connectivity index (χ0) is 12.3. The van der Waals surface area contributed by atoms with Gasteiger partial charge in [0, 0.05) is 6.42 Å². The van der Waals surface area contributed by atoms with Gasteiger partial charge in [0.1, 0.15) is 5.52 Å². The molecular formula is C12H16BNO3. The summed E-state index contributed by atoms with van der Waals surface area (Å²) >= 11 is 0. The van der Waals surface area contributed by atoms with Crippen molar-refractivity contribution in [2.45, 2.75) is 32.6 Å². The minimum atomic E-state index is -1.46. The van der Waals surface area contributed by atoms with Crippen molar-refractivity contribution in [2.24, 2.45) is 0 Å². The number of nitrogens with zero attached hydrogens (tertiary/aromatic N) is 1. The van der Waals surface area contributed by atoms with Gasteiger partial charge in [-0.05, 0) is 24.0 Å². The third kappa shape index (κ3) is 2.87. The maximum Gasteiger partial charge on any atom is 0.488 e. The summed E-state index contributed by atoms with van der Waals surface area (Å²) in [5, 5.41) is 18.1. The molecule has 17 heavy (non-hydrogen) atoms. The van der Waals surface area contributed by atoms with Gasteiger partial charge < -0.3 is 14.5 Å². The van der Waals surface area contributed by atoms with Gasteiger partial charge in [0.25, 0.3) is 0 Å². The van der Waals surface area contributed by atoms with Crippen molar-refractivity contribution in [2.75, 3.05) is 0 Å². The average Bonchev–Trinajstić information content (AvgIpc) is 2.70. The molecule has 0 aliphatic rings. The Bertz CT molecular complexity index is 495. The normalized spacial score (nSPS) is 11.0. The zero-order valence-corrected chi connectivity index (χ0v) is 9.89. The van der Waals surface area contributed by atoms with Crippen LogP contribution in [0.2, 0.25) is 0 Å². The Morgan fingerprint density at radius 3 is 2.82 bits per heavy atom. The van der Waals surface area contributed by atoms with E-state index >= 15 is 0 Å². The van der Waals surface area contributed by atoms with Crippen LogP contribution >= 0.6 is 0 Å². The first-order chi connectivity index (χ1) is 8.20. The minimum absolute atomic E-state index is 0.425. The van der Waals surface area contributed by atoms with Crippen molar-refractivity contribution in [3.05, 3.63) is 24.1 Å². The maximum atomic E-state index is 9.06. The van der Waals surface area contributed by atoms with Crippen molar-refractivity contribution >= 4 is 23.7 Å². The van der Waals surface area contributed by atoms with Crippen molar-refractivity contribution in [3.8, 4) is 0 Å². The second-order valence-electron chi connectivity index (χ2n) is 4.17. The molecule has 1 aromatic heterocycles. The highest BCUT2D eigenvalue weighted by atomic mass is 16.4. The van der Waals surface area contributed by atoms with E-state index in [9.17, 15) is 0 Å². The number of hydrogen-bond acceptors (Lipinski definition) is 4. The van der Waals surface area contributed by atoms with Crippen molar-refractivity contribution < 1.29 is 14.5 Å². The van der Waals surface area contributed by atoms with Gasteiger partial charge in [0.2, 0.25) is 0 Å². The maximum absolute atomic E-state index is 9.06. The molecule has 0 unspecified atom stereocenters. The smallest absolute Gasteiger partial charge is 0.441 e. The molecule has 2 N–H and O–H groups in total. The lowest BCUT2D eigenvalue weighted by atomic mass is 9.80. The summed E-state index contributed by atoms with van der Waals surface area (Å²) in [5.41, 5.74) is 1.80. The summed E-state index contributed by atoms with van der Waals surface area (Å²) in [7, 11) is -1.46. The molecule has 4 nitrogen and oxygen atoms in total. The van der Waals surface area contributed by atoms with Gasteiger partial charge in [0.05, 0.1) is 0 Å². The summed E-state index contributed by atoms with van der Waals surface area (Å²) < 4.78 is 5.57. The zero-order valence-electron chi connectivity index (χ0n) is 9.89. The molecule has 2 rings (SSSR count). The topological polar surface area (TPSA) is 66.5 Å². The number of benzene rings is 1. The highest BCUT2D eigenvalue weighted by Crippen LogP contribution is 2.15. The van der Waals surface area contributed by atoms with Gasteiger partial charge in [-0.15, -0.1) is 0 Å². The fourth-order valence-electron chi connectivity index (χ4n) is 1.78. The number of aromatic nitrogens is 1. The molecule has 0 fully saturated rings. The van der Waals surface area contributed by atoms with E-state index in [-0.39, 0.29) is 0 Å². The van der Waals surface area contributed by atoms with Crippen molar-refractivity contribution in [1.82, 2.24) is 4.98 Å². The third-order valence-corrected chi connectivity index (χ3v) is 2.75. The quantitative estimate of drug-likeness (QED) is 0.602. The van der Waals surface area contributed by atoms with Gasteiger partial charge in [-0.3, -0.25) is 0 Å². The van der Waals surface area contributed by atoms with Crippen LogP contribution in [0.15, 0.2) is 22.6 Å². The van der Waals surface area contributed by atoms with E-state index in [2.05, 4.69) is 11.9 Å². The number of unbranched alkanes of at least 4 members (excludes halogenated alkanes) is 2. The fourth-order valence-corrected chi connectivity index (χ4v) is 1.78. The Kier molecular flexibility index (Phi) is 3.81. The van der Waals surface area contributed by atoms with E-state index in [0.717, 1.165) is 24.2 Å². The first-order valence-corrected chi connectivity index (χ1v) is 5.96. The van der Waals surface area contributed by atoms with E-state index < -0.39 is 7.12 Å². The SMILES string of the molecule is CCCCCc1nc2ccc(B(O)O)cc2o1. The summed E-state index contributed by atoms with van der Waals surface area (Å²) in [6.45, 7) is 2.15. The lowest BCUT2D eigenvalue weighted by Crippen LogP contribution is -2.29. The monoisotopic (exact) mass is 233 g/mol. The lowest BCUT2D eigenvalue weighted by Gasteiger charge is -1.96. The fraction of sp³-hybridized carbons (Fsp3) is 0.417. The largest absolute Gasteiger partial charge is 0.488 e.